The fourth-order valence-corrected chi connectivity index (χ4v) is 1.49. The molecule has 1 unspecified atom stereocenters. The highest BCUT2D eigenvalue weighted by Crippen LogP contribution is 2.16. The molecule has 0 saturated carbocycles. The van der Waals surface area contributed by atoms with Crippen LogP contribution in [0.5, 0.6) is 0 Å². The molecule has 0 aliphatic rings. The number of ether oxygens (including phenoxy) is 5. The van der Waals surface area contributed by atoms with E-state index in [1.165, 1.54) is 25.7 Å². The number of hydrogen-bond acceptors (Lipinski definition) is 5. The summed E-state index contributed by atoms with van der Waals surface area (Å²) >= 11 is 0. The van der Waals surface area contributed by atoms with E-state index in [-0.39, 0.29) is 0 Å². The molecule has 0 aromatic heterocycles. The second kappa shape index (κ2) is 47.1. The van der Waals surface area contributed by atoms with E-state index in [9.17, 15) is 0 Å². The number of rotatable bonds is 12. The lowest BCUT2D eigenvalue weighted by atomic mass is 9.94. The summed E-state index contributed by atoms with van der Waals surface area (Å²) in [5, 5.41) is 0. The third-order valence-corrected chi connectivity index (χ3v) is 4.93. The van der Waals surface area contributed by atoms with Crippen LogP contribution in [0, 0.1) is 5.41 Å². The second-order valence-corrected chi connectivity index (χ2v) is 9.31. The molecule has 0 radical (unpaired) electrons. The Bertz CT molecular complexity index is 259. The lowest BCUT2D eigenvalue weighted by Crippen LogP contribution is -2.05. The first-order valence-electron chi connectivity index (χ1n) is 14.0. The summed E-state index contributed by atoms with van der Waals surface area (Å²) in [5.74, 6) is 0. The van der Waals surface area contributed by atoms with Gasteiger partial charge in [0.2, 0.25) is 0 Å². The van der Waals surface area contributed by atoms with Crippen LogP contribution in [0.1, 0.15) is 128 Å². The van der Waals surface area contributed by atoms with E-state index in [4.69, 9.17) is 18.9 Å². The molecule has 0 N–H and O–H groups in total. The standard InChI is InChI=1S/2C6H14O.C6H14.C5H12O.C4H10O.C3H8O/c1-4-6(5-2)7-3;1-3-4-5-6-7-2;1-5-6(2,3)4;1-4-5(2)6-3;1-3-4-5-2;1-3-4-2/h6H,4-5H2,1-3H3;3-6H2,1-2H3;5H2,1-4H3;5H,4H2,1-3H3;3-4H2,1-2H3;3H2,1-2H3. The van der Waals surface area contributed by atoms with Gasteiger partial charge in [0.1, 0.15) is 0 Å². The van der Waals surface area contributed by atoms with Crippen molar-refractivity contribution < 1.29 is 23.7 Å². The van der Waals surface area contributed by atoms with Gasteiger partial charge in [-0.05, 0) is 51.4 Å². The molecule has 0 aromatic carbocycles. The summed E-state index contributed by atoms with van der Waals surface area (Å²) in [6, 6.07) is 0. The second-order valence-electron chi connectivity index (χ2n) is 9.31. The Labute approximate surface area is 224 Å². The van der Waals surface area contributed by atoms with Crippen LogP contribution in [0.15, 0.2) is 0 Å². The quantitative estimate of drug-likeness (QED) is 0.244. The average molecular weight is 513 g/mol. The van der Waals surface area contributed by atoms with Crippen molar-refractivity contribution in [1.29, 1.82) is 0 Å². The highest BCUT2D eigenvalue weighted by atomic mass is 16.5. The fraction of sp³-hybridized carbons (Fsp3) is 1.00. The molecule has 0 spiro atoms. The molecule has 0 fully saturated rings. The van der Waals surface area contributed by atoms with Gasteiger partial charge in [0.25, 0.3) is 0 Å². The van der Waals surface area contributed by atoms with Crippen molar-refractivity contribution in [2.24, 2.45) is 5.41 Å². The van der Waals surface area contributed by atoms with Crippen molar-refractivity contribution in [1.82, 2.24) is 0 Å². The van der Waals surface area contributed by atoms with E-state index >= 15 is 0 Å². The lowest BCUT2D eigenvalue weighted by Gasteiger charge is -2.12. The van der Waals surface area contributed by atoms with Gasteiger partial charge in [-0.25, -0.2) is 0 Å². The minimum absolute atomic E-state index is 0.435. The molecule has 0 rings (SSSR count). The van der Waals surface area contributed by atoms with E-state index in [0.717, 1.165) is 45.5 Å². The first kappa shape index (κ1) is 47.9. The first-order valence-corrected chi connectivity index (χ1v) is 14.0. The van der Waals surface area contributed by atoms with Gasteiger partial charge >= 0.3 is 0 Å². The molecule has 0 aromatic rings. The van der Waals surface area contributed by atoms with Gasteiger partial charge in [-0.2, -0.15) is 0 Å². The lowest BCUT2D eigenvalue weighted by molar-refractivity contribution is 0.0964. The van der Waals surface area contributed by atoms with E-state index in [1.54, 1.807) is 35.5 Å². The Morgan fingerprint density at radius 2 is 1.00 bits per heavy atom. The molecule has 0 saturated heterocycles. The normalized spacial score (nSPS) is 10.5. The van der Waals surface area contributed by atoms with Crippen molar-refractivity contribution in [3.05, 3.63) is 0 Å². The molecule has 0 heterocycles. The molecule has 1 atom stereocenters. The van der Waals surface area contributed by atoms with Gasteiger partial charge < -0.3 is 23.7 Å². The predicted molar refractivity (Wildman–Crippen MR) is 159 cm³/mol. The summed E-state index contributed by atoms with van der Waals surface area (Å²) in [7, 11) is 8.63. The summed E-state index contributed by atoms with van der Waals surface area (Å²) < 4.78 is 24.0. The maximum Gasteiger partial charge on any atom is 0.0566 e. The molecule has 0 aliphatic carbocycles. The fourth-order valence-electron chi connectivity index (χ4n) is 1.49. The summed E-state index contributed by atoms with van der Waals surface area (Å²) in [5.41, 5.74) is 0.542. The zero-order chi connectivity index (χ0) is 29.0. The Kier molecular flexibility index (Phi) is 64.4. The number of unbranched alkanes of at least 4 members (excludes halogenated alkanes) is 2. The van der Waals surface area contributed by atoms with Crippen molar-refractivity contribution in [3.8, 4) is 0 Å². The Balaban J connectivity index is -0.0000000728. The van der Waals surface area contributed by atoms with E-state index < -0.39 is 0 Å². The van der Waals surface area contributed by atoms with Gasteiger partial charge in [0.15, 0.2) is 0 Å². The molecule has 35 heavy (non-hydrogen) atoms. The molecular weight excluding hydrogens is 440 g/mol. The van der Waals surface area contributed by atoms with Crippen LogP contribution in [0.3, 0.4) is 0 Å². The van der Waals surface area contributed by atoms with Crippen LogP contribution in [-0.4, -0.2) is 67.6 Å². The van der Waals surface area contributed by atoms with Crippen LogP contribution in [0.2, 0.25) is 0 Å². The Morgan fingerprint density at radius 3 is 1.09 bits per heavy atom. The largest absolute Gasteiger partial charge is 0.385 e. The first-order chi connectivity index (χ1) is 16.5. The third-order valence-electron chi connectivity index (χ3n) is 4.93. The number of hydrogen-bond donors (Lipinski definition) is 0. The van der Waals surface area contributed by atoms with Crippen LogP contribution in [0.4, 0.5) is 0 Å². The van der Waals surface area contributed by atoms with Crippen molar-refractivity contribution in [2.75, 3.05) is 55.4 Å². The zero-order valence-corrected chi connectivity index (χ0v) is 27.5. The monoisotopic (exact) mass is 513 g/mol. The Morgan fingerprint density at radius 1 is 0.571 bits per heavy atom. The minimum Gasteiger partial charge on any atom is -0.385 e. The maximum absolute atomic E-state index is 5.05. The van der Waals surface area contributed by atoms with Gasteiger partial charge in [-0.15, -0.1) is 0 Å². The molecule has 5 nitrogen and oxygen atoms in total. The average Bonchev–Trinajstić information content (AvgIpc) is 2.86. The minimum atomic E-state index is 0.435. The summed E-state index contributed by atoms with van der Waals surface area (Å²) in [4.78, 5) is 0. The van der Waals surface area contributed by atoms with E-state index in [1.807, 2.05) is 6.92 Å². The van der Waals surface area contributed by atoms with Crippen LogP contribution >= 0.6 is 0 Å². The van der Waals surface area contributed by atoms with Crippen molar-refractivity contribution in [3.63, 3.8) is 0 Å². The molecule has 0 aliphatic heterocycles. The maximum atomic E-state index is 5.05. The van der Waals surface area contributed by atoms with Crippen molar-refractivity contribution >= 4 is 0 Å². The topological polar surface area (TPSA) is 46.2 Å². The SMILES string of the molecule is CCC(C)(C)C.CCC(C)OC.CCC(CC)OC.CCCCCOC.CCCOC.CCOC. The van der Waals surface area contributed by atoms with E-state index in [0.29, 0.717) is 17.6 Å². The van der Waals surface area contributed by atoms with Gasteiger partial charge in [0.05, 0.1) is 12.2 Å². The van der Waals surface area contributed by atoms with Crippen LogP contribution in [0.25, 0.3) is 0 Å². The van der Waals surface area contributed by atoms with Crippen LogP contribution < -0.4 is 0 Å². The summed E-state index contributed by atoms with van der Waals surface area (Å²) in [6.45, 7) is 26.2. The molecule has 0 amide bonds. The molecular formula is C30H72O5. The highest BCUT2D eigenvalue weighted by molar-refractivity contribution is 4.55. The molecule has 0 bridgehead atoms. The van der Waals surface area contributed by atoms with Gasteiger partial charge in [0, 0.05) is 55.4 Å². The van der Waals surface area contributed by atoms with Crippen molar-refractivity contribution in [2.45, 2.75) is 140 Å². The van der Waals surface area contributed by atoms with Gasteiger partial charge in [-0.1, -0.05) is 81.6 Å². The van der Waals surface area contributed by atoms with E-state index in [2.05, 4.69) is 74.0 Å². The third kappa shape index (κ3) is 87.2. The zero-order valence-electron chi connectivity index (χ0n) is 27.5. The molecule has 5 heteroatoms. The number of methoxy groups -OCH3 is 5. The highest BCUT2D eigenvalue weighted by Gasteiger charge is 2.03. The van der Waals surface area contributed by atoms with Gasteiger partial charge in [-0.3, -0.25) is 0 Å². The smallest absolute Gasteiger partial charge is 0.0566 e. The Hall–Kier alpha value is -0.200. The summed E-state index contributed by atoms with van der Waals surface area (Å²) in [6.07, 6.45) is 10.5. The predicted octanol–water partition coefficient (Wildman–Crippen LogP) is 9.21. The molecule has 222 valence electrons. The van der Waals surface area contributed by atoms with Crippen LogP contribution in [-0.2, 0) is 23.7 Å².